The number of hydrogen-bond acceptors (Lipinski definition) is 4. The van der Waals surface area contributed by atoms with Gasteiger partial charge >= 0.3 is 0 Å². The molecule has 0 fully saturated rings. The molecule has 5 nitrogen and oxygen atoms in total. The van der Waals surface area contributed by atoms with Gasteiger partial charge in [-0.25, -0.2) is 0 Å². The van der Waals surface area contributed by atoms with Crippen LogP contribution in [0.1, 0.15) is 26.3 Å². The molecule has 0 saturated heterocycles. The minimum absolute atomic E-state index is 0.188. The lowest BCUT2D eigenvalue weighted by Gasteiger charge is -2.23. The highest BCUT2D eigenvalue weighted by atomic mass is 16.3. The van der Waals surface area contributed by atoms with Gasteiger partial charge in [0.1, 0.15) is 0 Å². The van der Waals surface area contributed by atoms with E-state index in [0.717, 1.165) is 0 Å². The van der Waals surface area contributed by atoms with Crippen molar-refractivity contribution in [1.29, 1.82) is 0 Å². The lowest BCUT2D eigenvalue weighted by molar-refractivity contribution is -0.123. The Labute approximate surface area is 107 Å². The molecule has 5 heteroatoms. The van der Waals surface area contributed by atoms with Gasteiger partial charge in [0, 0.05) is 5.54 Å². The topological polar surface area (TPSA) is 95.6 Å². The zero-order valence-corrected chi connectivity index (χ0v) is 10.9. The second-order valence-corrected chi connectivity index (χ2v) is 5.37. The average molecular weight is 252 g/mol. The van der Waals surface area contributed by atoms with Gasteiger partial charge < -0.3 is 21.3 Å². The van der Waals surface area contributed by atoms with Crippen LogP contribution in [-0.4, -0.2) is 27.7 Å². The van der Waals surface area contributed by atoms with Gasteiger partial charge in [-0.2, -0.15) is 0 Å². The minimum Gasteiger partial charge on any atom is -0.504 e. The molecule has 1 amide bonds. The highest BCUT2D eigenvalue weighted by Crippen LogP contribution is 2.25. The predicted octanol–water partition coefficient (Wildman–Crippen LogP) is 0.882. The van der Waals surface area contributed by atoms with Gasteiger partial charge in [-0.3, -0.25) is 4.79 Å². The summed E-state index contributed by atoms with van der Waals surface area (Å²) in [5, 5.41) is 21.3. The molecule has 0 heterocycles. The van der Waals surface area contributed by atoms with E-state index in [1.807, 2.05) is 20.8 Å². The van der Waals surface area contributed by atoms with Gasteiger partial charge in [-0.05, 0) is 44.9 Å². The summed E-state index contributed by atoms with van der Waals surface area (Å²) in [4.78, 5) is 11.8. The smallest absolute Gasteiger partial charge is 0.237 e. The van der Waals surface area contributed by atoms with Crippen molar-refractivity contribution in [3.8, 4) is 11.5 Å². The number of carbonyl (C=O) groups excluding carboxylic acids is 1. The van der Waals surface area contributed by atoms with Crippen molar-refractivity contribution >= 4 is 5.91 Å². The maximum atomic E-state index is 11.8. The van der Waals surface area contributed by atoms with E-state index in [1.54, 1.807) is 6.07 Å². The zero-order valence-electron chi connectivity index (χ0n) is 10.9. The number of phenols is 2. The summed E-state index contributed by atoms with van der Waals surface area (Å²) in [6.07, 6.45) is 0.301. The Bertz CT molecular complexity index is 438. The molecule has 0 spiro atoms. The number of nitrogens with two attached hydrogens (primary N) is 1. The maximum absolute atomic E-state index is 11.8. The molecular weight excluding hydrogens is 232 g/mol. The molecule has 0 unspecified atom stereocenters. The zero-order chi connectivity index (χ0) is 13.9. The van der Waals surface area contributed by atoms with Crippen LogP contribution in [-0.2, 0) is 11.2 Å². The molecule has 0 bridgehead atoms. The number of nitrogens with one attached hydrogen (secondary N) is 1. The van der Waals surface area contributed by atoms with Crippen molar-refractivity contribution in [2.24, 2.45) is 5.73 Å². The molecule has 0 aliphatic heterocycles. The second kappa shape index (κ2) is 5.27. The van der Waals surface area contributed by atoms with Crippen molar-refractivity contribution in [2.45, 2.75) is 38.8 Å². The SMILES string of the molecule is CC(C)(C)NC(=O)[C@@H](N)Cc1ccc(O)c(O)c1. The number of benzene rings is 1. The van der Waals surface area contributed by atoms with Crippen molar-refractivity contribution in [1.82, 2.24) is 5.32 Å². The van der Waals surface area contributed by atoms with Gasteiger partial charge in [0.05, 0.1) is 6.04 Å². The highest BCUT2D eigenvalue weighted by molar-refractivity contribution is 5.82. The van der Waals surface area contributed by atoms with E-state index in [0.29, 0.717) is 12.0 Å². The molecule has 100 valence electrons. The fourth-order valence-electron chi connectivity index (χ4n) is 1.50. The van der Waals surface area contributed by atoms with E-state index in [2.05, 4.69) is 5.32 Å². The summed E-state index contributed by atoms with van der Waals surface area (Å²) >= 11 is 0. The normalized spacial score (nSPS) is 13.1. The van der Waals surface area contributed by atoms with E-state index < -0.39 is 6.04 Å². The number of amides is 1. The van der Waals surface area contributed by atoms with Crippen LogP contribution in [0.2, 0.25) is 0 Å². The molecule has 1 aromatic rings. The average Bonchev–Trinajstić information content (AvgIpc) is 2.21. The van der Waals surface area contributed by atoms with Crippen LogP contribution in [0.3, 0.4) is 0 Å². The quantitative estimate of drug-likeness (QED) is 0.601. The maximum Gasteiger partial charge on any atom is 0.237 e. The number of rotatable bonds is 3. The first kappa shape index (κ1) is 14.3. The molecule has 1 atom stereocenters. The van der Waals surface area contributed by atoms with Gasteiger partial charge in [0.15, 0.2) is 11.5 Å². The Morgan fingerprint density at radius 2 is 1.94 bits per heavy atom. The van der Waals surface area contributed by atoms with Crippen LogP contribution in [0, 0.1) is 0 Å². The molecule has 0 aromatic heterocycles. The van der Waals surface area contributed by atoms with Crippen molar-refractivity contribution in [3.05, 3.63) is 23.8 Å². The molecule has 1 aromatic carbocycles. The summed E-state index contributed by atoms with van der Waals surface area (Å²) < 4.78 is 0. The molecule has 18 heavy (non-hydrogen) atoms. The number of aromatic hydroxyl groups is 2. The van der Waals surface area contributed by atoms with Gasteiger partial charge in [-0.1, -0.05) is 6.07 Å². The van der Waals surface area contributed by atoms with E-state index in [4.69, 9.17) is 5.73 Å². The van der Waals surface area contributed by atoms with Crippen molar-refractivity contribution in [3.63, 3.8) is 0 Å². The Balaban J connectivity index is 2.66. The van der Waals surface area contributed by atoms with Crippen LogP contribution in [0.5, 0.6) is 11.5 Å². The van der Waals surface area contributed by atoms with Crippen LogP contribution >= 0.6 is 0 Å². The van der Waals surface area contributed by atoms with E-state index in [-0.39, 0.29) is 22.9 Å². The standard InChI is InChI=1S/C13H20N2O3/c1-13(2,3)15-12(18)9(14)6-8-4-5-10(16)11(17)7-8/h4-5,7,9,16-17H,6,14H2,1-3H3,(H,15,18)/t9-/m0/s1. The Morgan fingerprint density at radius 1 is 1.33 bits per heavy atom. The van der Waals surface area contributed by atoms with Gasteiger partial charge in [0.2, 0.25) is 5.91 Å². The Hall–Kier alpha value is -1.75. The summed E-state index contributed by atoms with van der Waals surface area (Å²) in [6.45, 7) is 5.64. The van der Waals surface area contributed by atoms with E-state index in [1.165, 1.54) is 12.1 Å². The first-order valence-corrected chi connectivity index (χ1v) is 5.77. The minimum atomic E-state index is -0.687. The predicted molar refractivity (Wildman–Crippen MR) is 69.3 cm³/mol. The summed E-state index contributed by atoms with van der Waals surface area (Å²) in [5.74, 6) is -0.641. The number of carbonyl (C=O) groups is 1. The fraction of sp³-hybridized carbons (Fsp3) is 0.462. The molecule has 1 rings (SSSR count). The van der Waals surface area contributed by atoms with Crippen LogP contribution in [0.4, 0.5) is 0 Å². The van der Waals surface area contributed by atoms with Crippen LogP contribution < -0.4 is 11.1 Å². The molecular formula is C13H20N2O3. The third kappa shape index (κ3) is 4.25. The van der Waals surface area contributed by atoms with Crippen LogP contribution in [0.25, 0.3) is 0 Å². The van der Waals surface area contributed by atoms with Gasteiger partial charge in [0.25, 0.3) is 0 Å². The summed E-state index contributed by atoms with van der Waals surface area (Å²) in [7, 11) is 0. The van der Waals surface area contributed by atoms with Crippen molar-refractivity contribution < 1.29 is 15.0 Å². The molecule has 5 N–H and O–H groups in total. The summed E-state index contributed by atoms with van der Waals surface area (Å²) in [5.41, 5.74) is 6.16. The molecule has 0 radical (unpaired) electrons. The molecule has 0 aliphatic rings. The number of hydrogen-bond donors (Lipinski definition) is 4. The van der Waals surface area contributed by atoms with Crippen LogP contribution in [0.15, 0.2) is 18.2 Å². The lowest BCUT2D eigenvalue weighted by atomic mass is 10.0. The molecule has 0 saturated carbocycles. The Kier molecular flexibility index (Phi) is 4.19. The monoisotopic (exact) mass is 252 g/mol. The second-order valence-electron chi connectivity index (χ2n) is 5.37. The highest BCUT2D eigenvalue weighted by Gasteiger charge is 2.20. The third-order valence-electron chi connectivity index (χ3n) is 2.33. The van der Waals surface area contributed by atoms with E-state index >= 15 is 0 Å². The Morgan fingerprint density at radius 3 is 2.44 bits per heavy atom. The largest absolute Gasteiger partial charge is 0.504 e. The van der Waals surface area contributed by atoms with Gasteiger partial charge in [-0.15, -0.1) is 0 Å². The van der Waals surface area contributed by atoms with Crippen molar-refractivity contribution in [2.75, 3.05) is 0 Å². The first-order valence-electron chi connectivity index (χ1n) is 5.77. The first-order chi connectivity index (χ1) is 8.19. The lowest BCUT2D eigenvalue weighted by Crippen LogP contribution is -2.49. The third-order valence-corrected chi connectivity index (χ3v) is 2.33. The number of phenolic OH excluding ortho intramolecular Hbond substituents is 2. The summed E-state index contributed by atoms with van der Waals surface area (Å²) in [6, 6.07) is 3.71. The van der Waals surface area contributed by atoms with E-state index in [9.17, 15) is 15.0 Å². The fourth-order valence-corrected chi connectivity index (χ4v) is 1.50. The molecule has 0 aliphatic carbocycles.